The fraction of sp³-hybridized carbons (Fsp3) is 0.905. The van der Waals surface area contributed by atoms with E-state index in [1.807, 2.05) is 6.92 Å². The zero-order valence-electron chi connectivity index (χ0n) is 15.6. The van der Waals surface area contributed by atoms with Crippen LogP contribution >= 0.6 is 0 Å². The van der Waals surface area contributed by atoms with Crippen molar-refractivity contribution in [1.82, 2.24) is 0 Å². The minimum absolute atomic E-state index is 0.163. The number of rotatable bonds is 0. The first-order valence-corrected chi connectivity index (χ1v) is 9.89. The molecule has 0 radical (unpaired) electrons. The molecule has 0 aromatic heterocycles. The third kappa shape index (κ3) is 1.95. The molecule has 0 bridgehead atoms. The minimum atomic E-state index is -0.963. The molecule has 0 aromatic rings. The highest BCUT2D eigenvalue weighted by molar-refractivity contribution is 5.23. The van der Waals surface area contributed by atoms with Crippen molar-refractivity contribution in [3.8, 4) is 0 Å². The Labute approximate surface area is 146 Å². The van der Waals surface area contributed by atoms with E-state index in [9.17, 15) is 15.3 Å². The van der Waals surface area contributed by atoms with Crippen LogP contribution in [0.15, 0.2) is 11.6 Å². The van der Waals surface area contributed by atoms with Gasteiger partial charge in [0.15, 0.2) is 0 Å². The molecule has 1 unspecified atom stereocenters. The predicted molar refractivity (Wildman–Crippen MR) is 94.3 cm³/mol. The summed E-state index contributed by atoms with van der Waals surface area (Å²) in [5.74, 6) is 2.21. The Balaban J connectivity index is 1.71. The molecule has 0 amide bonds. The Kier molecular flexibility index (Phi) is 3.61. The van der Waals surface area contributed by atoms with E-state index >= 15 is 0 Å². The van der Waals surface area contributed by atoms with Gasteiger partial charge in [0.05, 0.1) is 17.8 Å². The van der Waals surface area contributed by atoms with Crippen molar-refractivity contribution >= 4 is 0 Å². The van der Waals surface area contributed by atoms with Crippen molar-refractivity contribution < 1.29 is 15.3 Å². The molecular weight excluding hydrogens is 300 g/mol. The molecule has 4 rings (SSSR count). The summed E-state index contributed by atoms with van der Waals surface area (Å²) < 4.78 is 0. The van der Waals surface area contributed by atoms with E-state index < -0.39 is 11.7 Å². The molecule has 3 nitrogen and oxygen atoms in total. The van der Waals surface area contributed by atoms with Crippen LogP contribution < -0.4 is 0 Å². The summed E-state index contributed by atoms with van der Waals surface area (Å²) in [6.45, 7) is 8.56. The first-order chi connectivity index (χ1) is 11.1. The molecule has 136 valence electrons. The van der Waals surface area contributed by atoms with Gasteiger partial charge in [-0.1, -0.05) is 19.9 Å². The Morgan fingerprint density at radius 1 is 1.00 bits per heavy atom. The fourth-order valence-corrected chi connectivity index (χ4v) is 7.34. The lowest BCUT2D eigenvalue weighted by Crippen LogP contribution is -2.56. The molecule has 0 spiro atoms. The Bertz CT molecular complexity index is 567. The highest BCUT2D eigenvalue weighted by Crippen LogP contribution is 2.67. The number of allylic oxidation sites excluding steroid dienone is 1. The largest absolute Gasteiger partial charge is 0.390 e. The van der Waals surface area contributed by atoms with E-state index in [0.29, 0.717) is 23.7 Å². The fourth-order valence-electron chi connectivity index (χ4n) is 7.34. The van der Waals surface area contributed by atoms with Gasteiger partial charge in [-0.25, -0.2) is 0 Å². The number of fused-ring (bicyclic) bond motifs is 5. The smallest absolute Gasteiger partial charge is 0.0933 e. The average Bonchev–Trinajstić information content (AvgIpc) is 2.68. The maximum atomic E-state index is 11.0. The van der Waals surface area contributed by atoms with Gasteiger partial charge in [0.25, 0.3) is 0 Å². The van der Waals surface area contributed by atoms with Crippen LogP contribution in [-0.4, -0.2) is 33.1 Å². The Morgan fingerprint density at radius 3 is 2.42 bits per heavy atom. The highest BCUT2D eigenvalue weighted by atomic mass is 16.3. The zero-order valence-corrected chi connectivity index (χ0v) is 15.6. The van der Waals surface area contributed by atoms with Gasteiger partial charge in [-0.05, 0) is 87.0 Å². The lowest BCUT2D eigenvalue weighted by molar-refractivity contribution is -0.151. The quantitative estimate of drug-likeness (QED) is 0.596. The summed E-state index contributed by atoms with van der Waals surface area (Å²) in [4.78, 5) is 0. The summed E-state index contributed by atoms with van der Waals surface area (Å²) in [6.07, 6.45) is 7.67. The van der Waals surface area contributed by atoms with Gasteiger partial charge in [0.1, 0.15) is 0 Å². The van der Waals surface area contributed by atoms with Gasteiger partial charge < -0.3 is 15.3 Å². The van der Waals surface area contributed by atoms with E-state index in [0.717, 1.165) is 31.3 Å². The number of hydrogen-bond donors (Lipinski definition) is 3. The third-order valence-corrected chi connectivity index (χ3v) is 9.21. The summed E-state index contributed by atoms with van der Waals surface area (Å²) in [7, 11) is 0. The first-order valence-electron chi connectivity index (χ1n) is 9.89. The standard InChI is InChI=1S/C21H34O3/c1-12-11-19(2)13(9-17(12)22)5-6-14-15(19)7-8-20(3)16(14)10-18(23)21(20,4)24/h11,13-18,22-24H,5-10H2,1-4H3/t13-,14+,15-,16-,17-,18?,19-,20-,21-/m0/s1. The van der Waals surface area contributed by atoms with E-state index in [1.165, 1.54) is 12.8 Å². The Hall–Kier alpha value is -0.380. The molecule has 3 heteroatoms. The normalized spacial score (nSPS) is 60.0. The maximum Gasteiger partial charge on any atom is 0.0933 e. The molecule has 3 saturated carbocycles. The molecule has 0 saturated heterocycles. The van der Waals surface area contributed by atoms with Gasteiger partial charge in [-0.15, -0.1) is 0 Å². The van der Waals surface area contributed by atoms with Crippen LogP contribution in [0.25, 0.3) is 0 Å². The van der Waals surface area contributed by atoms with Crippen LogP contribution in [0.2, 0.25) is 0 Å². The van der Waals surface area contributed by atoms with Crippen LogP contribution in [0.4, 0.5) is 0 Å². The minimum Gasteiger partial charge on any atom is -0.390 e. The Morgan fingerprint density at radius 2 is 1.71 bits per heavy atom. The average molecular weight is 335 g/mol. The number of aliphatic hydroxyl groups excluding tert-OH is 2. The van der Waals surface area contributed by atoms with Gasteiger partial charge in [0.2, 0.25) is 0 Å². The van der Waals surface area contributed by atoms with Crippen molar-refractivity contribution in [2.75, 3.05) is 0 Å². The molecule has 4 aliphatic carbocycles. The summed E-state index contributed by atoms with van der Waals surface area (Å²) in [5.41, 5.74) is 0.187. The zero-order chi connectivity index (χ0) is 17.5. The second-order valence-corrected chi connectivity index (χ2v) is 10.0. The van der Waals surface area contributed by atoms with E-state index in [2.05, 4.69) is 26.8 Å². The van der Waals surface area contributed by atoms with E-state index in [4.69, 9.17) is 0 Å². The van der Waals surface area contributed by atoms with Gasteiger partial charge in [-0.2, -0.15) is 0 Å². The van der Waals surface area contributed by atoms with Crippen molar-refractivity contribution in [3.63, 3.8) is 0 Å². The molecule has 0 heterocycles. The maximum absolute atomic E-state index is 11.0. The molecule has 0 aromatic carbocycles. The first kappa shape index (κ1) is 17.1. The second kappa shape index (κ2) is 5.08. The molecule has 24 heavy (non-hydrogen) atoms. The predicted octanol–water partition coefficient (Wildman–Crippen LogP) is 3.28. The van der Waals surface area contributed by atoms with Gasteiger partial charge >= 0.3 is 0 Å². The monoisotopic (exact) mass is 334 g/mol. The molecular formula is C21H34O3. The third-order valence-electron chi connectivity index (χ3n) is 9.21. The van der Waals surface area contributed by atoms with Crippen molar-refractivity contribution in [2.24, 2.45) is 34.5 Å². The van der Waals surface area contributed by atoms with E-state index in [1.54, 1.807) is 0 Å². The number of aliphatic hydroxyl groups is 3. The van der Waals surface area contributed by atoms with Gasteiger partial charge in [0, 0.05) is 5.41 Å². The SMILES string of the molecule is CC1=C[C@@]2(C)[C@@H](CC[C@@H]3[C@@H]2CC[C@@]2(C)[C@H]3CC(O)[C@]2(C)O)C[C@@H]1O. The number of hydrogen-bond acceptors (Lipinski definition) is 3. The lowest BCUT2D eigenvalue weighted by atomic mass is 9.45. The summed E-state index contributed by atoms with van der Waals surface area (Å²) >= 11 is 0. The molecule has 9 atom stereocenters. The van der Waals surface area contributed by atoms with Crippen LogP contribution in [0.5, 0.6) is 0 Å². The van der Waals surface area contributed by atoms with Crippen LogP contribution in [-0.2, 0) is 0 Å². The lowest BCUT2D eigenvalue weighted by Gasteiger charge is -2.60. The molecule has 3 N–H and O–H groups in total. The van der Waals surface area contributed by atoms with Crippen molar-refractivity contribution in [1.29, 1.82) is 0 Å². The molecule has 3 fully saturated rings. The van der Waals surface area contributed by atoms with Gasteiger partial charge in [-0.3, -0.25) is 0 Å². The molecule has 0 aliphatic heterocycles. The van der Waals surface area contributed by atoms with Crippen molar-refractivity contribution in [3.05, 3.63) is 11.6 Å². The van der Waals surface area contributed by atoms with E-state index in [-0.39, 0.29) is 16.9 Å². The second-order valence-electron chi connectivity index (χ2n) is 10.0. The summed E-state index contributed by atoms with van der Waals surface area (Å²) in [6, 6.07) is 0. The summed E-state index contributed by atoms with van der Waals surface area (Å²) in [5, 5.41) is 31.8. The molecule has 4 aliphatic rings. The van der Waals surface area contributed by atoms with Crippen molar-refractivity contribution in [2.45, 2.75) is 84.0 Å². The van der Waals surface area contributed by atoms with Crippen LogP contribution in [0, 0.1) is 34.5 Å². The van der Waals surface area contributed by atoms with Crippen LogP contribution in [0.3, 0.4) is 0 Å². The van der Waals surface area contributed by atoms with Crippen LogP contribution in [0.1, 0.15) is 66.2 Å². The topological polar surface area (TPSA) is 60.7 Å². The highest BCUT2D eigenvalue weighted by Gasteiger charge is 2.65.